The molecule has 0 radical (unpaired) electrons. The number of anilines is 3. The molecule has 0 amide bonds. The number of aromatic nitrogens is 4. The monoisotopic (exact) mass is 407 g/mol. The van der Waals surface area contributed by atoms with Gasteiger partial charge >= 0.3 is 5.97 Å². The molecule has 0 bridgehead atoms. The molecule has 1 saturated heterocycles. The normalized spacial score (nSPS) is 19.6. The molecule has 30 heavy (non-hydrogen) atoms. The number of nitrogens with two attached hydrogens (primary N) is 1. The molecule has 1 saturated carbocycles. The van der Waals surface area contributed by atoms with Crippen LogP contribution in [0.15, 0.2) is 30.6 Å². The predicted octanol–water partition coefficient (Wildman–Crippen LogP) is 2.92. The third-order valence-electron chi connectivity index (χ3n) is 6.06. The smallest absolute Gasteiger partial charge is 0.352 e. The van der Waals surface area contributed by atoms with E-state index in [1.165, 1.54) is 0 Å². The van der Waals surface area contributed by atoms with Crippen molar-refractivity contribution in [2.75, 3.05) is 23.3 Å². The minimum Gasteiger partial charge on any atom is -0.477 e. The SMILES string of the molecule is NC1CCN(c2ccc(Nc3ncc4cc(C(=O)O)n(C5CCCC5)c4n3)nc2)C1. The van der Waals surface area contributed by atoms with E-state index in [9.17, 15) is 9.90 Å². The molecule has 4 heterocycles. The van der Waals surface area contributed by atoms with Crippen LogP contribution in [0.5, 0.6) is 0 Å². The number of hydrogen-bond acceptors (Lipinski definition) is 7. The number of carboxylic acid groups (broad SMARTS) is 1. The lowest BCUT2D eigenvalue weighted by atomic mass is 10.2. The highest BCUT2D eigenvalue weighted by Gasteiger charge is 2.25. The molecule has 156 valence electrons. The molecular weight excluding hydrogens is 382 g/mol. The van der Waals surface area contributed by atoms with Crippen LogP contribution in [0.3, 0.4) is 0 Å². The van der Waals surface area contributed by atoms with Crippen molar-refractivity contribution in [3.63, 3.8) is 0 Å². The number of nitrogens with zero attached hydrogens (tertiary/aromatic N) is 5. The highest BCUT2D eigenvalue weighted by Crippen LogP contribution is 2.34. The van der Waals surface area contributed by atoms with Gasteiger partial charge in [-0.25, -0.2) is 14.8 Å². The Bertz CT molecular complexity index is 1070. The van der Waals surface area contributed by atoms with Gasteiger partial charge in [0.05, 0.1) is 11.9 Å². The number of rotatable bonds is 5. The summed E-state index contributed by atoms with van der Waals surface area (Å²) in [7, 11) is 0. The van der Waals surface area contributed by atoms with Crippen LogP contribution in [0.4, 0.5) is 17.5 Å². The fraction of sp³-hybridized carbons (Fsp3) is 0.429. The minimum absolute atomic E-state index is 0.167. The van der Waals surface area contributed by atoms with Crippen LogP contribution < -0.4 is 16.0 Å². The van der Waals surface area contributed by atoms with E-state index in [2.05, 4.69) is 25.2 Å². The van der Waals surface area contributed by atoms with Crippen molar-refractivity contribution < 1.29 is 9.90 Å². The maximum absolute atomic E-state index is 11.8. The van der Waals surface area contributed by atoms with Gasteiger partial charge in [0.15, 0.2) is 0 Å². The Hall–Kier alpha value is -3.20. The van der Waals surface area contributed by atoms with E-state index >= 15 is 0 Å². The van der Waals surface area contributed by atoms with Gasteiger partial charge in [-0.05, 0) is 37.5 Å². The van der Waals surface area contributed by atoms with Crippen LogP contribution in [-0.2, 0) is 0 Å². The van der Waals surface area contributed by atoms with Gasteiger partial charge in [0, 0.05) is 36.8 Å². The molecule has 3 aromatic heterocycles. The van der Waals surface area contributed by atoms with E-state index in [0.29, 0.717) is 17.4 Å². The summed E-state index contributed by atoms with van der Waals surface area (Å²) >= 11 is 0. The number of pyridine rings is 1. The second-order valence-electron chi connectivity index (χ2n) is 8.14. The van der Waals surface area contributed by atoms with Crippen molar-refractivity contribution in [3.8, 4) is 0 Å². The third kappa shape index (κ3) is 3.45. The van der Waals surface area contributed by atoms with Crippen molar-refractivity contribution in [3.05, 3.63) is 36.3 Å². The molecule has 1 atom stereocenters. The molecule has 0 spiro atoms. The van der Waals surface area contributed by atoms with Crippen molar-refractivity contribution in [1.82, 2.24) is 19.5 Å². The van der Waals surface area contributed by atoms with Gasteiger partial charge in [-0.1, -0.05) is 12.8 Å². The molecule has 1 unspecified atom stereocenters. The van der Waals surface area contributed by atoms with E-state index in [-0.39, 0.29) is 17.8 Å². The first-order chi connectivity index (χ1) is 14.6. The third-order valence-corrected chi connectivity index (χ3v) is 6.06. The molecule has 2 fully saturated rings. The second kappa shape index (κ2) is 7.56. The minimum atomic E-state index is -0.937. The topological polar surface area (TPSA) is 122 Å². The quantitative estimate of drug-likeness (QED) is 0.590. The van der Waals surface area contributed by atoms with E-state index in [1.807, 2.05) is 22.9 Å². The zero-order chi connectivity index (χ0) is 20.7. The summed E-state index contributed by atoms with van der Waals surface area (Å²) in [5.41, 5.74) is 7.96. The lowest BCUT2D eigenvalue weighted by Gasteiger charge is -2.18. The molecule has 9 nitrogen and oxygen atoms in total. The van der Waals surface area contributed by atoms with E-state index in [4.69, 9.17) is 5.73 Å². The highest BCUT2D eigenvalue weighted by atomic mass is 16.4. The van der Waals surface area contributed by atoms with Gasteiger partial charge in [-0.3, -0.25) is 0 Å². The van der Waals surface area contributed by atoms with Crippen LogP contribution in [0, 0.1) is 0 Å². The molecule has 1 aliphatic heterocycles. The number of aromatic carboxylic acids is 1. The van der Waals surface area contributed by atoms with Crippen LogP contribution in [0.1, 0.15) is 48.6 Å². The van der Waals surface area contributed by atoms with Gasteiger partial charge in [0.1, 0.15) is 17.2 Å². The highest BCUT2D eigenvalue weighted by molar-refractivity contribution is 5.93. The fourth-order valence-electron chi connectivity index (χ4n) is 4.55. The lowest BCUT2D eigenvalue weighted by Crippen LogP contribution is -2.26. The second-order valence-corrected chi connectivity index (χ2v) is 8.14. The van der Waals surface area contributed by atoms with Crippen molar-refractivity contribution in [1.29, 1.82) is 0 Å². The van der Waals surface area contributed by atoms with Crippen LogP contribution in [0.25, 0.3) is 11.0 Å². The van der Waals surface area contributed by atoms with E-state index in [0.717, 1.165) is 56.3 Å². The summed E-state index contributed by atoms with van der Waals surface area (Å²) in [5, 5.41) is 13.5. The van der Waals surface area contributed by atoms with Crippen LogP contribution in [-0.4, -0.2) is 49.7 Å². The number of carboxylic acids is 1. The van der Waals surface area contributed by atoms with Gasteiger partial charge in [-0.15, -0.1) is 0 Å². The molecule has 4 N–H and O–H groups in total. The molecule has 2 aliphatic rings. The standard InChI is InChI=1S/C21H25N7O2/c22-14-7-8-27(12-14)16-5-6-18(23-11-16)25-21-24-10-13-9-17(20(29)30)28(19(13)26-21)15-3-1-2-4-15/h5-6,9-11,14-15H,1-4,7-8,12,22H2,(H,29,30)(H,23,24,25,26). The summed E-state index contributed by atoms with van der Waals surface area (Å²) in [6, 6.07) is 5.95. The number of hydrogen-bond donors (Lipinski definition) is 3. The Labute approximate surface area is 173 Å². The van der Waals surface area contributed by atoms with Crippen molar-refractivity contribution in [2.24, 2.45) is 5.73 Å². The predicted molar refractivity (Wildman–Crippen MR) is 114 cm³/mol. The van der Waals surface area contributed by atoms with Crippen LogP contribution in [0.2, 0.25) is 0 Å². The Kier molecular flexibility index (Phi) is 4.74. The van der Waals surface area contributed by atoms with E-state index in [1.54, 1.807) is 12.3 Å². The number of nitrogens with one attached hydrogen (secondary N) is 1. The summed E-state index contributed by atoms with van der Waals surface area (Å²) in [5.74, 6) is 0.104. The molecule has 1 aliphatic carbocycles. The summed E-state index contributed by atoms with van der Waals surface area (Å²) in [6.07, 6.45) is 8.65. The Morgan fingerprint density at radius 1 is 1.17 bits per heavy atom. The number of fused-ring (bicyclic) bond motifs is 1. The van der Waals surface area contributed by atoms with Gasteiger partial charge in [0.25, 0.3) is 0 Å². The molecule has 0 aromatic carbocycles. The molecule has 3 aromatic rings. The first-order valence-electron chi connectivity index (χ1n) is 10.4. The summed E-state index contributed by atoms with van der Waals surface area (Å²) < 4.78 is 1.87. The molecule has 9 heteroatoms. The number of carbonyl (C=O) groups is 1. The zero-order valence-corrected chi connectivity index (χ0v) is 16.7. The van der Waals surface area contributed by atoms with Gasteiger partial charge in [-0.2, -0.15) is 4.98 Å². The fourth-order valence-corrected chi connectivity index (χ4v) is 4.55. The summed E-state index contributed by atoms with van der Waals surface area (Å²) in [4.78, 5) is 27.5. The first kappa shape index (κ1) is 18.8. The largest absolute Gasteiger partial charge is 0.477 e. The van der Waals surface area contributed by atoms with Crippen LogP contribution >= 0.6 is 0 Å². The van der Waals surface area contributed by atoms with Gasteiger partial charge < -0.3 is 25.6 Å². The Balaban J connectivity index is 1.42. The van der Waals surface area contributed by atoms with Crippen molar-refractivity contribution >= 4 is 34.5 Å². The zero-order valence-electron chi connectivity index (χ0n) is 16.7. The molecule has 5 rings (SSSR count). The van der Waals surface area contributed by atoms with Crippen molar-refractivity contribution in [2.45, 2.75) is 44.2 Å². The first-order valence-corrected chi connectivity index (χ1v) is 10.4. The average Bonchev–Trinajstić information content (AvgIpc) is 3.47. The molecular formula is C21H25N7O2. The Morgan fingerprint density at radius 3 is 2.67 bits per heavy atom. The maximum Gasteiger partial charge on any atom is 0.352 e. The average molecular weight is 407 g/mol. The lowest BCUT2D eigenvalue weighted by molar-refractivity contribution is 0.0683. The Morgan fingerprint density at radius 2 is 2.00 bits per heavy atom. The van der Waals surface area contributed by atoms with Gasteiger partial charge in [0.2, 0.25) is 5.95 Å². The summed E-state index contributed by atoms with van der Waals surface area (Å²) in [6.45, 7) is 1.79. The van der Waals surface area contributed by atoms with E-state index < -0.39 is 5.97 Å². The maximum atomic E-state index is 11.8.